The van der Waals surface area contributed by atoms with Crippen LogP contribution in [-0.4, -0.2) is 41.7 Å². The highest BCUT2D eigenvalue weighted by molar-refractivity contribution is 5.96. The van der Waals surface area contributed by atoms with Crippen molar-refractivity contribution < 1.29 is 19.1 Å². The molecule has 0 radical (unpaired) electrons. The van der Waals surface area contributed by atoms with Crippen molar-refractivity contribution in [1.29, 1.82) is 0 Å². The molecule has 0 bridgehead atoms. The molecular formula is C23H25N3O4. The molecule has 2 heterocycles. The largest absolute Gasteiger partial charge is 0.497 e. The molecule has 30 heavy (non-hydrogen) atoms. The number of rotatable bonds is 6. The van der Waals surface area contributed by atoms with Gasteiger partial charge in [0.15, 0.2) is 6.61 Å². The Morgan fingerprint density at radius 1 is 1.17 bits per heavy atom. The number of ether oxygens (including phenoxy) is 2. The number of carbonyl (C=O) groups is 2. The van der Waals surface area contributed by atoms with E-state index in [-0.39, 0.29) is 19.1 Å². The monoisotopic (exact) mass is 407 g/mol. The summed E-state index contributed by atoms with van der Waals surface area (Å²) in [7, 11) is 1.63. The predicted octanol–water partition coefficient (Wildman–Crippen LogP) is 3.13. The molecule has 4 rings (SSSR count). The molecule has 0 N–H and O–H groups in total. The molecule has 0 saturated carbocycles. The van der Waals surface area contributed by atoms with Crippen LogP contribution in [0, 0.1) is 0 Å². The minimum atomic E-state index is -0.451. The first-order valence-corrected chi connectivity index (χ1v) is 10.2. The van der Waals surface area contributed by atoms with Crippen LogP contribution < -0.4 is 9.64 Å². The summed E-state index contributed by atoms with van der Waals surface area (Å²) in [5.74, 6) is 0.918. The van der Waals surface area contributed by atoms with Gasteiger partial charge in [0.25, 0.3) is 5.91 Å². The van der Waals surface area contributed by atoms with Gasteiger partial charge in [0.2, 0.25) is 0 Å². The molecular weight excluding hydrogens is 382 g/mol. The predicted molar refractivity (Wildman–Crippen MR) is 114 cm³/mol. The van der Waals surface area contributed by atoms with Crippen molar-refractivity contribution in [2.75, 3.05) is 25.2 Å². The number of benzene rings is 2. The van der Waals surface area contributed by atoms with Crippen LogP contribution in [0.25, 0.3) is 11.0 Å². The smallest absolute Gasteiger partial charge is 0.326 e. The number of nitrogens with zero attached hydrogens (tertiary/aromatic N) is 3. The normalized spacial score (nSPS) is 13.2. The van der Waals surface area contributed by atoms with Gasteiger partial charge in [-0.2, -0.15) is 0 Å². The van der Waals surface area contributed by atoms with Crippen LogP contribution in [0.1, 0.15) is 24.7 Å². The summed E-state index contributed by atoms with van der Waals surface area (Å²) >= 11 is 0. The first-order valence-electron chi connectivity index (χ1n) is 10.2. The maximum Gasteiger partial charge on any atom is 0.326 e. The average molecular weight is 407 g/mol. The Bertz CT molecular complexity index is 1090. The van der Waals surface area contributed by atoms with Crippen molar-refractivity contribution in [1.82, 2.24) is 9.55 Å². The zero-order chi connectivity index (χ0) is 21.1. The number of hydrogen-bond donors (Lipinski definition) is 0. The molecule has 0 spiro atoms. The highest BCUT2D eigenvalue weighted by atomic mass is 16.5. The van der Waals surface area contributed by atoms with Gasteiger partial charge in [0.1, 0.15) is 18.1 Å². The van der Waals surface area contributed by atoms with E-state index >= 15 is 0 Å². The SMILES string of the molecule is CCc1nc2ccccc2n1CC(=O)OCC(=O)N1CCCc2cc(OC)ccc21. The lowest BCUT2D eigenvalue weighted by molar-refractivity contribution is -0.148. The second kappa shape index (κ2) is 8.57. The average Bonchev–Trinajstić information content (AvgIpc) is 3.14. The Hall–Kier alpha value is -3.35. The van der Waals surface area contributed by atoms with Gasteiger partial charge in [-0.1, -0.05) is 19.1 Å². The van der Waals surface area contributed by atoms with Gasteiger partial charge >= 0.3 is 5.97 Å². The number of methoxy groups -OCH3 is 1. The third kappa shape index (κ3) is 3.87. The van der Waals surface area contributed by atoms with Gasteiger partial charge in [-0.05, 0) is 48.7 Å². The molecule has 1 amide bonds. The molecule has 0 atom stereocenters. The van der Waals surface area contributed by atoms with Crippen molar-refractivity contribution in [3.05, 3.63) is 53.9 Å². The summed E-state index contributed by atoms with van der Waals surface area (Å²) in [6.07, 6.45) is 2.46. The molecule has 0 aliphatic carbocycles. The number of fused-ring (bicyclic) bond motifs is 2. The lowest BCUT2D eigenvalue weighted by atomic mass is 10.0. The van der Waals surface area contributed by atoms with Crippen molar-refractivity contribution in [2.24, 2.45) is 0 Å². The summed E-state index contributed by atoms with van der Waals surface area (Å²) in [5, 5.41) is 0. The van der Waals surface area contributed by atoms with Crippen molar-refractivity contribution >= 4 is 28.6 Å². The third-order valence-corrected chi connectivity index (χ3v) is 5.40. The van der Waals surface area contributed by atoms with E-state index in [2.05, 4.69) is 4.98 Å². The molecule has 2 aromatic carbocycles. The van der Waals surface area contributed by atoms with E-state index in [0.717, 1.165) is 46.7 Å². The summed E-state index contributed by atoms with van der Waals surface area (Å²) in [6, 6.07) is 13.4. The maximum atomic E-state index is 12.8. The molecule has 0 unspecified atom stereocenters. The summed E-state index contributed by atoms with van der Waals surface area (Å²) < 4.78 is 12.5. The Kier molecular flexibility index (Phi) is 5.70. The molecule has 1 aromatic heterocycles. The topological polar surface area (TPSA) is 73.7 Å². The summed E-state index contributed by atoms with van der Waals surface area (Å²) in [5.41, 5.74) is 3.66. The molecule has 3 aromatic rings. The molecule has 1 aliphatic heterocycles. The fraction of sp³-hybridized carbons (Fsp3) is 0.348. The second-order valence-electron chi connectivity index (χ2n) is 7.26. The first-order chi connectivity index (χ1) is 14.6. The number of aromatic nitrogens is 2. The maximum absolute atomic E-state index is 12.8. The standard InChI is InChI=1S/C23H25N3O4/c1-3-21-24-18-8-4-5-9-20(18)26(21)14-23(28)30-15-22(27)25-12-6-7-16-13-17(29-2)10-11-19(16)25/h4-5,8-11,13H,3,6-7,12,14-15H2,1-2H3. The van der Waals surface area contributed by atoms with E-state index in [0.29, 0.717) is 13.0 Å². The van der Waals surface area contributed by atoms with Gasteiger partial charge in [-0.25, -0.2) is 4.98 Å². The fourth-order valence-corrected chi connectivity index (χ4v) is 3.93. The van der Waals surface area contributed by atoms with E-state index in [1.165, 1.54) is 0 Å². The van der Waals surface area contributed by atoms with Crippen LogP contribution in [0.4, 0.5) is 5.69 Å². The number of carbonyl (C=O) groups excluding carboxylic acids is 2. The van der Waals surface area contributed by atoms with Gasteiger partial charge < -0.3 is 18.9 Å². The highest BCUT2D eigenvalue weighted by Crippen LogP contribution is 2.30. The van der Waals surface area contributed by atoms with Crippen molar-refractivity contribution in [2.45, 2.75) is 32.7 Å². The van der Waals surface area contributed by atoms with Crippen LogP contribution >= 0.6 is 0 Å². The highest BCUT2D eigenvalue weighted by Gasteiger charge is 2.24. The summed E-state index contributed by atoms with van der Waals surface area (Å²) in [6.45, 7) is 2.36. The molecule has 7 heteroatoms. The van der Waals surface area contributed by atoms with Gasteiger partial charge in [0.05, 0.1) is 18.1 Å². The molecule has 0 saturated heterocycles. The zero-order valence-electron chi connectivity index (χ0n) is 17.3. The summed E-state index contributed by atoms with van der Waals surface area (Å²) in [4.78, 5) is 31.5. The lowest BCUT2D eigenvalue weighted by Gasteiger charge is -2.29. The van der Waals surface area contributed by atoms with Crippen LogP contribution in [0.5, 0.6) is 5.75 Å². The van der Waals surface area contributed by atoms with Crippen LogP contribution in [0.2, 0.25) is 0 Å². The Morgan fingerprint density at radius 2 is 2.00 bits per heavy atom. The van der Waals surface area contributed by atoms with Gasteiger partial charge in [0, 0.05) is 18.7 Å². The van der Waals surface area contributed by atoms with E-state index in [4.69, 9.17) is 9.47 Å². The minimum Gasteiger partial charge on any atom is -0.497 e. The van der Waals surface area contributed by atoms with Crippen molar-refractivity contribution in [3.8, 4) is 5.75 Å². The molecule has 156 valence electrons. The number of amides is 1. The van der Waals surface area contributed by atoms with E-state index in [1.54, 1.807) is 12.0 Å². The minimum absolute atomic E-state index is 0.0325. The quantitative estimate of drug-likeness (QED) is 0.587. The van der Waals surface area contributed by atoms with Crippen LogP contribution in [0.15, 0.2) is 42.5 Å². The number of anilines is 1. The fourth-order valence-electron chi connectivity index (χ4n) is 3.93. The Labute approximate surface area is 175 Å². The van der Waals surface area contributed by atoms with Gasteiger partial charge in [-0.15, -0.1) is 0 Å². The van der Waals surface area contributed by atoms with Crippen molar-refractivity contribution in [3.63, 3.8) is 0 Å². The van der Waals surface area contributed by atoms with Crippen LogP contribution in [0.3, 0.4) is 0 Å². The third-order valence-electron chi connectivity index (χ3n) is 5.40. The number of aryl methyl sites for hydroxylation is 2. The first kappa shape index (κ1) is 19.9. The molecule has 0 fully saturated rings. The zero-order valence-corrected chi connectivity index (χ0v) is 17.3. The number of imidazole rings is 1. The second-order valence-corrected chi connectivity index (χ2v) is 7.26. The Balaban J connectivity index is 1.42. The van der Waals surface area contributed by atoms with Gasteiger partial charge in [-0.3, -0.25) is 9.59 Å². The van der Waals surface area contributed by atoms with Crippen LogP contribution in [-0.2, 0) is 33.7 Å². The Morgan fingerprint density at radius 3 is 2.80 bits per heavy atom. The molecule has 7 nitrogen and oxygen atoms in total. The lowest BCUT2D eigenvalue weighted by Crippen LogP contribution is -2.38. The number of hydrogen-bond acceptors (Lipinski definition) is 5. The number of esters is 1. The molecule has 1 aliphatic rings. The number of para-hydroxylation sites is 2. The van der Waals surface area contributed by atoms with E-state index < -0.39 is 5.97 Å². The van der Waals surface area contributed by atoms with E-state index in [1.807, 2.05) is 54.0 Å². The van der Waals surface area contributed by atoms with E-state index in [9.17, 15) is 9.59 Å².